The lowest BCUT2D eigenvalue weighted by atomic mass is 10.1. The second-order valence-electron chi connectivity index (χ2n) is 8.74. The summed E-state index contributed by atoms with van der Waals surface area (Å²) < 4.78 is 31.1. The summed E-state index contributed by atoms with van der Waals surface area (Å²) in [5.74, 6) is 0.0661. The van der Waals surface area contributed by atoms with Crippen molar-refractivity contribution in [2.75, 3.05) is 50.5 Å². The van der Waals surface area contributed by atoms with Crippen molar-refractivity contribution >= 4 is 27.3 Å². The topological polar surface area (TPSA) is 87.2 Å². The first-order chi connectivity index (χ1) is 16.7. The van der Waals surface area contributed by atoms with Gasteiger partial charge in [0.1, 0.15) is 5.75 Å². The fraction of sp³-hybridized carbons (Fsp3) is 0.462. The van der Waals surface area contributed by atoms with Crippen LogP contribution in [0.1, 0.15) is 32.3 Å². The van der Waals surface area contributed by atoms with Crippen LogP contribution in [0.5, 0.6) is 5.75 Å². The molecule has 1 aliphatic heterocycles. The van der Waals surface area contributed by atoms with Gasteiger partial charge in [-0.05, 0) is 62.8 Å². The Balaban J connectivity index is 1.77. The van der Waals surface area contributed by atoms with Gasteiger partial charge >= 0.3 is 0 Å². The number of sulfone groups is 1. The van der Waals surface area contributed by atoms with Gasteiger partial charge in [-0.15, -0.1) is 0 Å². The zero-order valence-electron chi connectivity index (χ0n) is 20.8. The number of ether oxygens (including phenoxy) is 1. The second kappa shape index (κ2) is 12.2. The van der Waals surface area contributed by atoms with E-state index in [1.165, 1.54) is 12.1 Å². The van der Waals surface area contributed by atoms with Gasteiger partial charge in [0.15, 0.2) is 9.84 Å². The molecule has 0 aliphatic carbocycles. The molecule has 3 rings (SSSR count). The molecule has 190 valence electrons. The van der Waals surface area contributed by atoms with Gasteiger partial charge in [-0.2, -0.15) is 0 Å². The number of carbonyl (C=O) groups excluding carboxylic acids is 2. The molecule has 0 fully saturated rings. The quantitative estimate of drug-likeness (QED) is 0.605. The number of fused-ring (bicyclic) bond motifs is 1. The van der Waals surface area contributed by atoms with Crippen LogP contribution in [0, 0.1) is 0 Å². The van der Waals surface area contributed by atoms with E-state index in [0.29, 0.717) is 38.5 Å². The molecule has 0 aromatic heterocycles. The number of benzene rings is 2. The van der Waals surface area contributed by atoms with E-state index in [2.05, 4.69) is 4.90 Å². The fourth-order valence-electron chi connectivity index (χ4n) is 4.16. The highest BCUT2D eigenvalue weighted by Gasteiger charge is 2.23. The van der Waals surface area contributed by atoms with Crippen molar-refractivity contribution in [1.29, 1.82) is 0 Å². The minimum atomic E-state index is -3.62. The van der Waals surface area contributed by atoms with Crippen LogP contribution < -0.4 is 9.64 Å². The molecule has 2 amide bonds. The Morgan fingerprint density at radius 3 is 2.37 bits per heavy atom. The molecule has 2 aromatic carbocycles. The minimum absolute atomic E-state index is 0.0429. The summed E-state index contributed by atoms with van der Waals surface area (Å²) in [6.07, 6.45) is 0.705. The zero-order chi connectivity index (χ0) is 25.4. The van der Waals surface area contributed by atoms with Crippen LogP contribution >= 0.6 is 0 Å². The molecule has 1 aliphatic rings. The van der Waals surface area contributed by atoms with E-state index in [4.69, 9.17) is 4.74 Å². The number of anilines is 1. The van der Waals surface area contributed by atoms with E-state index in [1.54, 1.807) is 28.9 Å². The number of hydrogen-bond donors (Lipinski definition) is 0. The second-order valence-corrected chi connectivity index (χ2v) is 10.9. The Bertz CT molecular complexity index is 1120. The molecule has 0 atom stereocenters. The Kier molecular flexibility index (Phi) is 9.28. The Hall–Kier alpha value is -2.91. The third kappa shape index (κ3) is 7.29. The highest BCUT2D eigenvalue weighted by atomic mass is 32.2. The Labute approximate surface area is 208 Å². The molecular weight excluding hydrogens is 466 g/mol. The van der Waals surface area contributed by atoms with Crippen molar-refractivity contribution in [2.24, 2.45) is 0 Å². The zero-order valence-corrected chi connectivity index (χ0v) is 21.6. The summed E-state index contributed by atoms with van der Waals surface area (Å²) in [7, 11) is -1.63. The highest BCUT2D eigenvalue weighted by molar-refractivity contribution is 7.91. The van der Waals surface area contributed by atoms with E-state index >= 15 is 0 Å². The first-order valence-corrected chi connectivity index (χ1v) is 13.6. The predicted octanol–water partition coefficient (Wildman–Crippen LogP) is 2.97. The summed E-state index contributed by atoms with van der Waals surface area (Å²) in [5, 5.41) is 0. The lowest BCUT2D eigenvalue weighted by molar-refractivity contribution is -0.131. The molecule has 0 N–H and O–H groups in total. The number of amides is 2. The predicted molar refractivity (Wildman–Crippen MR) is 136 cm³/mol. The Morgan fingerprint density at radius 2 is 1.69 bits per heavy atom. The van der Waals surface area contributed by atoms with Crippen molar-refractivity contribution in [3.63, 3.8) is 0 Å². The summed E-state index contributed by atoms with van der Waals surface area (Å²) in [6.45, 7) is 6.77. The average Bonchev–Trinajstić information content (AvgIpc) is 2.86. The number of para-hydroxylation sites is 1. The van der Waals surface area contributed by atoms with Crippen molar-refractivity contribution < 1.29 is 22.7 Å². The summed E-state index contributed by atoms with van der Waals surface area (Å²) in [5.41, 5.74) is 1.67. The van der Waals surface area contributed by atoms with Crippen LogP contribution in [-0.2, 0) is 26.0 Å². The molecule has 0 bridgehead atoms. The summed E-state index contributed by atoms with van der Waals surface area (Å²) in [4.78, 5) is 31.4. The first kappa shape index (κ1) is 26.7. The average molecular weight is 502 g/mol. The van der Waals surface area contributed by atoms with Gasteiger partial charge in [0, 0.05) is 45.2 Å². The van der Waals surface area contributed by atoms with E-state index in [-0.39, 0.29) is 28.9 Å². The lowest BCUT2D eigenvalue weighted by Gasteiger charge is -2.27. The first-order valence-electron chi connectivity index (χ1n) is 12.0. The molecule has 35 heavy (non-hydrogen) atoms. The summed E-state index contributed by atoms with van der Waals surface area (Å²) >= 11 is 0. The Morgan fingerprint density at radius 1 is 0.971 bits per heavy atom. The molecule has 9 heteroatoms. The van der Waals surface area contributed by atoms with Crippen LogP contribution in [0.2, 0.25) is 0 Å². The van der Waals surface area contributed by atoms with E-state index in [9.17, 15) is 18.0 Å². The van der Waals surface area contributed by atoms with Crippen LogP contribution in [0.4, 0.5) is 5.69 Å². The molecule has 8 nitrogen and oxygen atoms in total. The van der Waals surface area contributed by atoms with Gasteiger partial charge in [0.05, 0.1) is 17.3 Å². The molecule has 1 heterocycles. The molecule has 0 unspecified atom stereocenters. The monoisotopic (exact) mass is 501 g/mol. The van der Waals surface area contributed by atoms with Crippen molar-refractivity contribution in [1.82, 2.24) is 9.80 Å². The van der Waals surface area contributed by atoms with Crippen molar-refractivity contribution in [3.05, 3.63) is 54.1 Å². The molecular formula is C26H35N3O5S. The van der Waals surface area contributed by atoms with Crippen LogP contribution in [0.25, 0.3) is 0 Å². The number of carbonyl (C=O) groups is 2. The van der Waals surface area contributed by atoms with Crippen molar-refractivity contribution in [2.45, 2.75) is 38.1 Å². The fourth-order valence-corrected chi connectivity index (χ4v) is 5.39. The maximum atomic E-state index is 13.2. The van der Waals surface area contributed by atoms with Gasteiger partial charge in [0.25, 0.3) is 0 Å². The normalized spacial score (nSPS) is 15.7. The van der Waals surface area contributed by atoms with E-state index in [0.717, 1.165) is 24.2 Å². The molecule has 0 radical (unpaired) electrons. The standard InChI is InChI=1S/C26H35N3O5S/c1-4-34-23-10-12-24(13-11-23)35(32,33)19-14-26(31)28-18-17-27(3)15-7-16-29(21(2)30)25-9-6-5-8-22(25)20-28/h5-6,8-13H,4,7,14-20H2,1-3H3. The molecule has 0 saturated heterocycles. The van der Waals surface area contributed by atoms with E-state index in [1.807, 2.05) is 38.2 Å². The maximum Gasteiger partial charge on any atom is 0.223 e. The third-order valence-electron chi connectivity index (χ3n) is 6.13. The van der Waals surface area contributed by atoms with Crippen LogP contribution in [0.15, 0.2) is 53.4 Å². The largest absolute Gasteiger partial charge is 0.494 e. The number of nitrogens with zero attached hydrogens (tertiary/aromatic N) is 3. The van der Waals surface area contributed by atoms with Crippen LogP contribution in [0.3, 0.4) is 0 Å². The summed E-state index contributed by atoms with van der Waals surface area (Å²) in [6, 6.07) is 13.9. The number of likely N-dealkylation sites (N-methyl/N-ethyl adjacent to an activating group) is 1. The molecule has 0 spiro atoms. The molecule has 0 saturated carbocycles. The van der Waals surface area contributed by atoms with E-state index < -0.39 is 9.84 Å². The van der Waals surface area contributed by atoms with Gasteiger partial charge in [-0.3, -0.25) is 9.59 Å². The smallest absolute Gasteiger partial charge is 0.223 e. The van der Waals surface area contributed by atoms with Gasteiger partial charge in [0.2, 0.25) is 11.8 Å². The minimum Gasteiger partial charge on any atom is -0.494 e. The number of hydrogen-bond acceptors (Lipinski definition) is 6. The lowest BCUT2D eigenvalue weighted by Crippen LogP contribution is -2.38. The number of rotatable bonds is 6. The van der Waals surface area contributed by atoms with Gasteiger partial charge in [-0.25, -0.2) is 8.42 Å². The van der Waals surface area contributed by atoms with Crippen LogP contribution in [-0.4, -0.2) is 75.6 Å². The maximum absolute atomic E-state index is 13.2. The van der Waals surface area contributed by atoms with Crippen molar-refractivity contribution in [3.8, 4) is 5.75 Å². The van der Waals surface area contributed by atoms with Gasteiger partial charge < -0.3 is 19.4 Å². The third-order valence-corrected chi connectivity index (χ3v) is 7.86. The molecule has 2 aromatic rings. The SMILES string of the molecule is CCOc1ccc(S(=O)(=O)CCC(=O)N2CCN(C)CCCN(C(C)=O)c3ccccc3C2)cc1. The van der Waals surface area contributed by atoms with Gasteiger partial charge in [-0.1, -0.05) is 18.2 Å². The highest BCUT2D eigenvalue weighted by Crippen LogP contribution is 2.24.